The summed E-state index contributed by atoms with van der Waals surface area (Å²) < 4.78 is 5.22. The van der Waals surface area contributed by atoms with Crippen LogP contribution in [-0.2, 0) is 4.74 Å². The number of benzene rings is 1. The highest BCUT2D eigenvalue weighted by Crippen LogP contribution is 2.30. The van der Waals surface area contributed by atoms with E-state index in [1.807, 2.05) is 13.8 Å². The van der Waals surface area contributed by atoms with Crippen LogP contribution in [0.25, 0.3) is 0 Å². The van der Waals surface area contributed by atoms with E-state index in [1.54, 1.807) is 42.6 Å². The molecule has 0 aliphatic heterocycles. The van der Waals surface area contributed by atoms with Gasteiger partial charge in [-0.05, 0) is 42.3 Å². The van der Waals surface area contributed by atoms with Crippen LogP contribution in [0.3, 0.4) is 0 Å². The van der Waals surface area contributed by atoms with E-state index in [9.17, 15) is 4.79 Å². The number of carbonyl (C=O) groups is 1. The van der Waals surface area contributed by atoms with E-state index in [0.717, 1.165) is 0 Å². The first-order valence-electron chi connectivity index (χ1n) is 8.96. The number of ether oxygens (including phenoxy) is 1. The van der Waals surface area contributed by atoms with Gasteiger partial charge in [0.1, 0.15) is 12.0 Å². The normalized spacial score (nSPS) is 10.6. The van der Waals surface area contributed by atoms with Crippen LogP contribution in [0.2, 0.25) is 5.15 Å². The van der Waals surface area contributed by atoms with E-state index >= 15 is 0 Å². The Kier molecular flexibility index (Phi) is 6.46. The Hall–Kier alpha value is -3.39. The number of nitrogen functional groups attached to an aromatic ring is 1. The molecule has 0 bridgehead atoms. The molecule has 4 N–H and O–H groups in total. The van der Waals surface area contributed by atoms with Crippen molar-refractivity contribution in [3.8, 4) is 0 Å². The fourth-order valence-electron chi connectivity index (χ4n) is 2.35. The zero-order valence-corrected chi connectivity index (χ0v) is 16.8. The lowest BCUT2D eigenvalue weighted by Gasteiger charge is -2.13. The van der Waals surface area contributed by atoms with Crippen molar-refractivity contribution in [1.82, 2.24) is 15.0 Å². The lowest BCUT2D eigenvalue weighted by atomic mass is 10.2. The summed E-state index contributed by atoms with van der Waals surface area (Å²) in [6.07, 6.45) is 2.97. The quantitative estimate of drug-likeness (QED) is 0.386. The number of rotatable bonds is 7. The van der Waals surface area contributed by atoms with Crippen LogP contribution >= 0.6 is 11.6 Å². The predicted octanol–water partition coefficient (Wildman–Crippen LogP) is 4.41. The van der Waals surface area contributed by atoms with Gasteiger partial charge < -0.3 is 21.1 Å². The van der Waals surface area contributed by atoms with Gasteiger partial charge in [-0.15, -0.1) is 0 Å². The van der Waals surface area contributed by atoms with Crippen LogP contribution in [0.4, 0.5) is 28.7 Å². The summed E-state index contributed by atoms with van der Waals surface area (Å²) >= 11 is 6.06. The second kappa shape index (κ2) is 9.20. The Morgan fingerprint density at radius 1 is 1.10 bits per heavy atom. The van der Waals surface area contributed by atoms with Crippen LogP contribution in [0.5, 0.6) is 0 Å². The molecule has 3 aromatic rings. The maximum Gasteiger partial charge on any atom is 0.338 e. The van der Waals surface area contributed by atoms with Gasteiger partial charge in [-0.2, -0.15) is 0 Å². The van der Waals surface area contributed by atoms with Crippen LogP contribution in [0, 0.1) is 5.92 Å². The van der Waals surface area contributed by atoms with E-state index < -0.39 is 0 Å². The fourth-order valence-corrected chi connectivity index (χ4v) is 2.52. The van der Waals surface area contributed by atoms with Crippen molar-refractivity contribution in [1.29, 1.82) is 0 Å². The summed E-state index contributed by atoms with van der Waals surface area (Å²) in [5.74, 6) is 0.737. The molecule has 150 valence electrons. The first-order valence-corrected chi connectivity index (χ1v) is 9.34. The minimum absolute atomic E-state index is 0.282. The number of nitrogens with one attached hydrogen (secondary N) is 2. The lowest BCUT2D eigenvalue weighted by Crippen LogP contribution is -2.10. The topological polar surface area (TPSA) is 115 Å². The Balaban J connectivity index is 1.72. The van der Waals surface area contributed by atoms with Crippen LogP contribution in [0.1, 0.15) is 24.2 Å². The van der Waals surface area contributed by atoms with Gasteiger partial charge in [0.25, 0.3) is 0 Å². The summed E-state index contributed by atoms with van der Waals surface area (Å²) in [4.78, 5) is 24.3. The third kappa shape index (κ3) is 5.32. The number of pyridine rings is 1. The molecule has 29 heavy (non-hydrogen) atoms. The Morgan fingerprint density at radius 3 is 2.45 bits per heavy atom. The predicted molar refractivity (Wildman–Crippen MR) is 114 cm³/mol. The van der Waals surface area contributed by atoms with Crippen molar-refractivity contribution in [2.45, 2.75) is 13.8 Å². The molecular weight excluding hydrogens is 392 g/mol. The highest BCUT2D eigenvalue weighted by atomic mass is 35.5. The van der Waals surface area contributed by atoms with Crippen molar-refractivity contribution < 1.29 is 9.53 Å². The van der Waals surface area contributed by atoms with E-state index in [4.69, 9.17) is 22.1 Å². The Labute approximate surface area is 173 Å². The number of carbonyl (C=O) groups excluding carboxylic acids is 1. The Bertz CT molecular complexity index is 995. The van der Waals surface area contributed by atoms with Gasteiger partial charge in [0, 0.05) is 11.9 Å². The number of nitrogens with zero attached hydrogens (tertiary/aromatic N) is 3. The van der Waals surface area contributed by atoms with Crippen LogP contribution in [0.15, 0.2) is 48.9 Å². The number of nitrogens with two attached hydrogens (primary N) is 1. The van der Waals surface area contributed by atoms with E-state index in [2.05, 4.69) is 25.6 Å². The van der Waals surface area contributed by atoms with Gasteiger partial charge in [0.15, 0.2) is 16.8 Å². The average Bonchev–Trinajstić information content (AvgIpc) is 2.71. The van der Waals surface area contributed by atoms with Crippen LogP contribution in [-0.4, -0.2) is 27.5 Å². The zero-order valence-electron chi connectivity index (χ0n) is 16.0. The second-order valence-electron chi connectivity index (χ2n) is 6.65. The SMILES string of the molecule is CC(C)COC(=O)c1ccc(Nc2ncnc(Nc3cccnc3Cl)c2N)cc1. The third-order valence-corrected chi connectivity index (χ3v) is 4.13. The molecule has 0 amide bonds. The van der Waals surface area contributed by atoms with Gasteiger partial charge in [-0.3, -0.25) is 0 Å². The monoisotopic (exact) mass is 412 g/mol. The maximum absolute atomic E-state index is 12.0. The molecule has 0 atom stereocenters. The molecule has 0 saturated carbocycles. The van der Waals surface area contributed by atoms with Gasteiger partial charge in [-0.25, -0.2) is 19.7 Å². The number of hydrogen-bond acceptors (Lipinski definition) is 8. The molecule has 1 aromatic carbocycles. The largest absolute Gasteiger partial charge is 0.462 e. The molecule has 0 radical (unpaired) electrons. The molecular formula is C20H21ClN6O2. The molecule has 0 spiro atoms. The molecule has 2 aromatic heterocycles. The highest BCUT2D eigenvalue weighted by Gasteiger charge is 2.12. The smallest absolute Gasteiger partial charge is 0.338 e. The third-order valence-electron chi connectivity index (χ3n) is 3.83. The highest BCUT2D eigenvalue weighted by molar-refractivity contribution is 6.32. The average molecular weight is 413 g/mol. The van der Waals surface area contributed by atoms with Crippen molar-refractivity contribution in [3.63, 3.8) is 0 Å². The van der Waals surface area contributed by atoms with Gasteiger partial charge in [0.2, 0.25) is 0 Å². The van der Waals surface area contributed by atoms with E-state index in [-0.39, 0.29) is 11.9 Å². The maximum atomic E-state index is 12.0. The Morgan fingerprint density at radius 2 is 1.79 bits per heavy atom. The number of halogens is 1. The fraction of sp³-hybridized carbons (Fsp3) is 0.200. The van der Waals surface area contributed by atoms with Gasteiger partial charge in [-0.1, -0.05) is 25.4 Å². The van der Waals surface area contributed by atoms with Crippen molar-refractivity contribution in [2.24, 2.45) is 5.92 Å². The van der Waals surface area contributed by atoms with E-state index in [0.29, 0.717) is 46.0 Å². The zero-order chi connectivity index (χ0) is 20.8. The molecule has 9 heteroatoms. The van der Waals surface area contributed by atoms with Crippen molar-refractivity contribution in [2.75, 3.05) is 23.0 Å². The van der Waals surface area contributed by atoms with E-state index in [1.165, 1.54) is 6.33 Å². The summed E-state index contributed by atoms with van der Waals surface area (Å²) in [5, 5.41) is 6.46. The first kappa shape index (κ1) is 20.3. The second-order valence-corrected chi connectivity index (χ2v) is 7.00. The molecule has 2 heterocycles. The summed E-state index contributed by atoms with van der Waals surface area (Å²) in [7, 11) is 0. The summed E-state index contributed by atoms with van der Waals surface area (Å²) in [6, 6.07) is 10.4. The molecule has 8 nitrogen and oxygen atoms in total. The number of anilines is 5. The molecule has 0 aliphatic rings. The minimum Gasteiger partial charge on any atom is -0.462 e. The van der Waals surface area contributed by atoms with Gasteiger partial charge >= 0.3 is 5.97 Å². The number of esters is 1. The molecule has 0 aliphatic carbocycles. The molecule has 0 fully saturated rings. The van der Waals surface area contributed by atoms with Crippen molar-refractivity contribution >= 4 is 46.3 Å². The molecule has 0 saturated heterocycles. The van der Waals surface area contributed by atoms with Crippen molar-refractivity contribution in [3.05, 3.63) is 59.6 Å². The van der Waals surface area contributed by atoms with Gasteiger partial charge in [0.05, 0.1) is 17.9 Å². The van der Waals surface area contributed by atoms with Crippen LogP contribution < -0.4 is 16.4 Å². The first-order chi connectivity index (χ1) is 13.9. The minimum atomic E-state index is -0.355. The number of hydrogen-bond donors (Lipinski definition) is 3. The standard InChI is InChI=1S/C20H21ClN6O2/c1-12(2)10-29-20(28)13-5-7-14(8-6-13)26-18-16(22)19(25-11-24-18)27-15-4-3-9-23-17(15)21/h3-9,11-12H,10,22H2,1-2H3,(H2,24,25,26,27). The molecule has 3 rings (SSSR count). The lowest BCUT2D eigenvalue weighted by molar-refractivity contribution is 0.0459. The summed E-state index contributed by atoms with van der Waals surface area (Å²) in [6.45, 7) is 4.35. The number of aromatic nitrogens is 3. The summed E-state index contributed by atoms with van der Waals surface area (Å²) in [5.41, 5.74) is 8.26. The molecule has 0 unspecified atom stereocenters.